The van der Waals surface area contributed by atoms with E-state index in [1.165, 1.54) is 12.1 Å². The molecule has 0 saturated carbocycles. The number of anilines is 3. The van der Waals surface area contributed by atoms with Crippen LogP contribution in [-0.2, 0) is 0 Å². The van der Waals surface area contributed by atoms with Crippen LogP contribution >= 0.6 is 11.6 Å². The molecule has 0 saturated heterocycles. The highest BCUT2D eigenvalue weighted by atomic mass is 35.5. The SMILES string of the molecule is CCOc1nc(NC)nc(Nc2cccc(Cl)c2F)n1. The van der Waals surface area contributed by atoms with Crippen LogP contribution in [0.15, 0.2) is 18.2 Å². The molecule has 0 aliphatic rings. The fourth-order valence-electron chi connectivity index (χ4n) is 1.44. The third-order valence-corrected chi connectivity index (χ3v) is 2.60. The van der Waals surface area contributed by atoms with E-state index in [2.05, 4.69) is 25.6 Å². The molecule has 0 aliphatic heterocycles. The molecule has 20 heavy (non-hydrogen) atoms. The summed E-state index contributed by atoms with van der Waals surface area (Å²) in [6.07, 6.45) is 0. The molecule has 0 atom stereocenters. The molecule has 106 valence electrons. The number of nitrogens with one attached hydrogen (secondary N) is 2. The normalized spacial score (nSPS) is 10.2. The third-order valence-electron chi connectivity index (χ3n) is 2.31. The van der Waals surface area contributed by atoms with Crippen LogP contribution in [0.1, 0.15) is 6.92 Å². The Bertz CT molecular complexity index is 610. The highest BCUT2D eigenvalue weighted by Gasteiger charge is 2.10. The van der Waals surface area contributed by atoms with E-state index >= 15 is 0 Å². The predicted octanol–water partition coefficient (Wildman–Crippen LogP) is 2.85. The molecule has 0 spiro atoms. The fraction of sp³-hybridized carbons (Fsp3) is 0.250. The van der Waals surface area contributed by atoms with Crippen molar-refractivity contribution in [2.75, 3.05) is 24.3 Å². The van der Waals surface area contributed by atoms with Crippen LogP contribution in [-0.4, -0.2) is 28.6 Å². The number of halogens is 2. The number of ether oxygens (including phenoxy) is 1. The van der Waals surface area contributed by atoms with E-state index in [-0.39, 0.29) is 22.7 Å². The molecule has 2 N–H and O–H groups in total. The highest BCUT2D eigenvalue weighted by molar-refractivity contribution is 6.31. The Kier molecular flexibility index (Phi) is 4.52. The van der Waals surface area contributed by atoms with Gasteiger partial charge in [-0.05, 0) is 19.1 Å². The van der Waals surface area contributed by atoms with Crippen molar-refractivity contribution in [3.05, 3.63) is 29.0 Å². The van der Waals surface area contributed by atoms with Gasteiger partial charge in [0.1, 0.15) is 0 Å². The zero-order valence-corrected chi connectivity index (χ0v) is 11.7. The minimum atomic E-state index is -0.571. The first-order valence-electron chi connectivity index (χ1n) is 5.91. The van der Waals surface area contributed by atoms with E-state index in [1.807, 2.05) is 6.92 Å². The molecule has 1 heterocycles. The zero-order valence-electron chi connectivity index (χ0n) is 10.9. The Hall–Kier alpha value is -2.15. The molecule has 0 radical (unpaired) electrons. The molecular weight excluding hydrogens is 285 g/mol. The quantitative estimate of drug-likeness (QED) is 0.884. The Morgan fingerprint density at radius 3 is 2.70 bits per heavy atom. The van der Waals surface area contributed by atoms with Gasteiger partial charge < -0.3 is 15.4 Å². The predicted molar refractivity (Wildman–Crippen MR) is 75.2 cm³/mol. The second-order valence-corrected chi connectivity index (χ2v) is 4.08. The number of hydrogen-bond donors (Lipinski definition) is 2. The van der Waals surface area contributed by atoms with Gasteiger partial charge >= 0.3 is 6.01 Å². The van der Waals surface area contributed by atoms with Crippen LogP contribution in [0.2, 0.25) is 5.02 Å². The molecule has 0 amide bonds. The van der Waals surface area contributed by atoms with Crippen molar-refractivity contribution < 1.29 is 9.13 Å². The number of rotatable bonds is 5. The number of hydrogen-bond acceptors (Lipinski definition) is 6. The van der Waals surface area contributed by atoms with E-state index in [0.717, 1.165) is 0 Å². The first-order chi connectivity index (χ1) is 9.63. The largest absolute Gasteiger partial charge is 0.464 e. The molecule has 2 rings (SSSR count). The maximum atomic E-state index is 13.8. The highest BCUT2D eigenvalue weighted by Crippen LogP contribution is 2.24. The Balaban J connectivity index is 2.32. The van der Waals surface area contributed by atoms with Crippen molar-refractivity contribution >= 4 is 29.2 Å². The van der Waals surface area contributed by atoms with Crippen LogP contribution in [0.5, 0.6) is 6.01 Å². The van der Waals surface area contributed by atoms with E-state index in [4.69, 9.17) is 16.3 Å². The van der Waals surface area contributed by atoms with E-state index in [9.17, 15) is 4.39 Å². The average Bonchev–Trinajstić information content (AvgIpc) is 2.44. The molecule has 0 fully saturated rings. The van der Waals surface area contributed by atoms with Crippen molar-refractivity contribution in [2.24, 2.45) is 0 Å². The molecule has 2 aromatic rings. The van der Waals surface area contributed by atoms with Crippen molar-refractivity contribution in [2.45, 2.75) is 6.92 Å². The van der Waals surface area contributed by atoms with E-state index < -0.39 is 5.82 Å². The van der Waals surface area contributed by atoms with E-state index in [1.54, 1.807) is 13.1 Å². The van der Waals surface area contributed by atoms with Crippen LogP contribution < -0.4 is 15.4 Å². The minimum absolute atomic E-state index is 0.0166. The maximum Gasteiger partial charge on any atom is 0.323 e. The van der Waals surface area contributed by atoms with Gasteiger partial charge in [-0.15, -0.1) is 0 Å². The molecule has 0 aliphatic carbocycles. The van der Waals surface area contributed by atoms with Gasteiger partial charge in [0.15, 0.2) is 5.82 Å². The van der Waals surface area contributed by atoms with Crippen LogP contribution in [0.4, 0.5) is 22.0 Å². The Morgan fingerprint density at radius 1 is 1.25 bits per heavy atom. The lowest BCUT2D eigenvalue weighted by molar-refractivity contribution is 0.312. The lowest BCUT2D eigenvalue weighted by Crippen LogP contribution is -2.07. The second-order valence-electron chi connectivity index (χ2n) is 3.67. The minimum Gasteiger partial charge on any atom is -0.464 e. The third kappa shape index (κ3) is 3.24. The van der Waals surface area contributed by atoms with Gasteiger partial charge in [0.25, 0.3) is 0 Å². The second kappa shape index (κ2) is 6.33. The molecule has 8 heteroatoms. The standard InChI is InChI=1S/C12H13ClFN5O/c1-3-20-12-18-10(15-2)17-11(19-12)16-8-6-4-5-7(13)9(8)14/h4-6H,3H2,1-2H3,(H2,15,16,17,18,19). The summed E-state index contributed by atoms with van der Waals surface area (Å²) in [6, 6.07) is 4.76. The van der Waals surface area contributed by atoms with Gasteiger partial charge in [-0.3, -0.25) is 0 Å². The molecule has 0 bridgehead atoms. The number of benzene rings is 1. The van der Waals surface area contributed by atoms with E-state index in [0.29, 0.717) is 12.6 Å². The first-order valence-corrected chi connectivity index (χ1v) is 6.29. The molecule has 6 nitrogen and oxygen atoms in total. The summed E-state index contributed by atoms with van der Waals surface area (Å²) in [5, 5.41) is 5.54. The van der Waals surface area contributed by atoms with Crippen molar-refractivity contribution in [3.63, 3.8) is 0 Å². The summed E-state index contributed by atoms with van der Waals surface area (Å²) < 4.78 is 19.0. The number of nitrogens with zero attached hydrogens (tertiary/aromatic N) is 3. The van der Waals surface area contributed by atoms with Gasteiger partial charge in [0, 0.05) is 7.05 Å². The van der Waals surface area contributed by atoms with Gasteiger partial charge in [0.2, 0.25) is 11.9 Å². The lowest BCUT2D eigenvalue weighted by atomic mass is 10.3. The summed E-state index contributed by atoms with van der Waals surface area (Å²) in [6.45, 7) is 2.23. The summed E-state index contributed by atoms with van der Waals surface area (Å²) in [5.41, 5.74) is 0.174. The van der Waals surface area contributed by atoms with Gasteiger partial charge in [-0.25, -0.2) is 4.39 Å². The summed E-state index contributed by atoms with van der Waals surface area (Å²) in [5.74, 6) is -0.0964. The van der Waals surface area contributed by atoms with Gasteiger partial charge in [-0.2, -0.15) is 15.0 Å². The Morgan fingerprint density at radius 2 is 2.00 bits per heavy atom. The average molecular weight is 298 g/mol. The molecular formula is C12H13ClFN5O. The fourth-order valence-corrected chi connectivity index (χ4v) is 1.61. The summed E-state index contributed by atoms with van der Waals surface area (Å²) in [7, 11) is 1.66. The van der Waals surface area contributed by atoms with Crippen LogP contribution in [0, 0.1) is 5.82 Å². The van der Waals surface area contributed by atoms with Crippen LogP contribution in [0.25, 0.3) is 0 Å². The topological polar surface area (TPSA) is 72.0 Å². The zero-order chi connectivity index (χ0) is 14.5. The van der Waals surface area contributed by atoms with Crippen molar-refractivity contribution in [1.82, 2.24) is 15.0 Å². The number of aromatic nitrogens is 3. The van der Waals surface area contributed by atoms with Gasteiger partial charge in [0.05, 0.1) is 17.3 Å². The molecule has 1 aromatic carbocycles. The van der Waals surface area contributed by atoms with Crippen LogP contribution in [0.3, 0.4) is 0 Å². The lowest BCUT2D eigenvalue weighted by Gasteiger charge is -2.09. The van der Waals surface area contributed by atoms with Crippen molar-refractivity contribution in [1.29, 1.82) is 0 Å². The smallest absolute Gasteiger partial charge is 0.323 e. The van der Waals surface area contributed by atoms with Crippen molar-refractivity contribution in [3.8, 4) is 6.01 Å². The summed E-state index contributed by atoms with van der Waals surface area (Å²) in [4.78, 5) is 12.1. The maximum absolute atomic E-state index is 13.8. The molecule has 1 aromatic heterocycles. The monoisotopic (exact) mass is 297 g/mol. The van der Waals surface area contributed by atoms with Gasteiger partial charge in [-0.1, -0.05) is 17.7 Å². The Labute approximate surface area is 120 Å². The first kappa shape index (κ1) is 14.3. The summed E-state index contributed by atoms with van der Waals surface area (Å²) >= 11 is 5.71. The molecule has 0 unspecified atom stereocenters.